The van der Waals surface area contributed by atoms with Crippen molar-refractivity contribution in [2.24, 2.45) is 5.73 Å². The molecule has 0 aromatic carbocycles. The minimum absolute atomic E-state index is 0.122. The maximum absolute atomic E-state index is 11.1. The van der Waals surface area contributed by atoms with E-state index < -0.39 is 5.54 Å². The van der Waals surface area contributed by atoms with Gasteiger partial charge in [0.05, 0.1) is 5.54 Å². The smallest absolute Gasteiger partial charge is 0.237 e. The topological polar surface area (TPSA) is 75.4 Å². The molecule has 0 saturated carbocycles. The van der Waals surface area contributed by atoms with Gasteiger partial charge in [-0.3, -0.25) is 4.79 Å². The molecule has 1 aliphatic heterocycles. The number of carbonyl (C=O) groups excluding carboxylic acids is 1. The van der Waals surface area contributed by atoms with Crippen molar-refractivity contribution in [1.29, 1.82) is 0 Å². The van der Waals surface area contributed by atoms with Crippen LogP contribution in [0.5, 0.6) is 0 Å². The summed E-state index contributed by atoms with van der Waals surface area (Å²) in [5.74, 6) is -0.284. The SMILES string of the molecule is NC(=O)C1(CCCO)CCCN1. The first-order chi connectivity index (χ1) is 5.71. The second-order valence-electron chi connectivity index (χ2n) is 3.30. The molecule has 1 unspecified atom stereocenters. The zero-order valence-corrected chi connectivity index (χ0v) is 7.18. The normalized spacial score (nSPS) is 29.1. The molecule has 4 N–H and O–H groups in total. The third-order valence-electron chi connectivity index (χ3n) is 2.48. The summed E-state index contributed by atoms with van der Waals surface area (Å²) in [6, 6.07) is 0. The highest BCUT2D eigenvalue weighted by atomic mass is 16.3. The van der Waals surface area contributed by atoms with Crippen molar-refractivity contribution in [3.8, 4) is 0 Å². The molecule has 1 amide bonds. The fraction of sp³-hybridized carbons (Fsp3) is 0.875. The summed E-state index contributed by atoms with van der Waals surface area (Å²) in [5.41, 5.74) is 4.77. The third kappa shape index (κ3) is 1.76. The minimum Gasteiger partial charge on any atom is -0.396 e. The van der Waals surface area contributed by atoms with Gasteiger partial charge in [0, 0.05) is 6.61 Å². The van der Waals surface area contributed by atoms with Gasteiger partial charge in [-0.05, 0) is 32.2 Å². The first-order valence-electron chi connectivity index (χ1n) is 4.37. The highest BCUT2D eigenvalue weighted by Crippen LogP contribution is 2.23. The molecule has 1 fully saturated rings. The first kappa shape index (κ1) is 9.48. The number of rotatable bonds is 4. The van der Waals surface area contributed by atoms with Crippen LogP contribution >= 0.6 is 0 Å². The maximum atomic E-state index is 11.1. The van der Waals surface area contributed by atoms with E-state index in [1.807, 2.05) is 0 Å². The zero-order valence-electron chi connectivity index (χ0n) is 7.18. The quantitative estimate of drug-likeness (QED) is 0.528. The Balaban J connectivity index is 2.53. The summed E-state index contributed by atoms with van der Waals surface area (Å²) in [6.07, 6.45) is 3.09. The Morgan fingerprint density at radius 1 is 1.67 bits per heavy atom. The second kappa shape index (κ2) is 3.87. The van der Waals surface area contributed by atoms with E-state index in [2.05, 4.69) is 5.32 Å². The molecule has 70 valence electrons. The van der Waals surface area contributed by atoms with Gasteiger partial charge in [0.25, 0.3) is 0 Å². The van der Waals surface area contributed by atoms with Crippen molar-refractivity contribution in [1.82, 2.24) is 5.32 Å². The van der Waals surface area contributed by atoms with E-state index in [4.69, 9.17) is 10.8 Å². The van der Waals surface area contributed by atoms with Crippen molar-refractivity contribution in [3.63, 3.8) is 0 Å². The van der Waals surface area contributed by atoms with Gasteiger partial charge >= 0.3 is 0 Å². The van der Waals surface area contributed by atoms with Gasteiger partial charge in [-0.25, -0.2) is 0 Å². The second-order valence-corrected chi connectivity index (χ2v) is 3.30. The number of hydrogen-bond acceptors (Lipinski definition) is 3. The van der Waals surface area contributed by atoms with Crippen LogP contribution in [0.4, 0.5) is 0 Å². The molecule has 0 aromatic rings. The molecule has 1 heterocycles. The van der Waals surface area contributed by atoms with Gasteiger partial charge in [-0.1, -0.05) is 0 Å². The number of aliphatic hydroxyl groups excluding tert-OH is 1. The fourth-order valence-electron chi connectivity index (χ4n) is 1.73. The highest BCUT2D eigenvalue weighted by molar-refractivity contribution is 5.85. The Labute approximate surface area is 72.1 Å². The maximum Gasteiger partial charge on any atom is 0.237 e. The van der Waals surface area contributed by atoms with Crippen molar-refractivity contribution < 1.29 is 9.90 Å². The first-order valence-corrected chi connectivity index (χ1v) is 4.37. The summed E-state index contributed by atoms with van der Waals surface area (Å²) in [5, 5.41) is 11.8. The monoisotopic (exact) mass is 172 g/mol. The van der Waals surface area contributed by atoms with Crippen LogP contribution in [0.25, 0.3) is 0 Å². The lowest BCUT2D eigenvalue weighted by Gasteiger charge is -2.25. The zero-order chi connectivity index (χ0) is 9.03. The van der Waals surface area contributed by atoms with Crippen LogP contribution in [0, 0.1) is 0 Å². The van der Waals surface area contributed by atoms with E-state index in [1.165, 1.54) is 0 Å². The summed E-state index contributed by atoms with van der Waals surface area (Å²) in [7, 11) is 0. The Morgan fingerprint density at radius 3 is 2.83 bits per heavy atom. The largest absolute Gasteiger partial charge is 0.396 e. The molecule has 0 spiro atoms. The van der Waals surface area contributed by atoms with Crippen molar-refractivity contribution in [2.75, 3.05) is 13.2 Å². The fourth-order valence-corrected chi connectivity index (χ4v) is 1.73. The lowest BCUT2D eigenvalue weighted by atomic mass is 9.91. The Bertz CT molecular complexity index is 164. The third-order valence-corrected chi connectivity index (χ3v) is 2.48. The van der Waals surface area contributed by atoms with E-state index in [-0.39, 0.29) is 12.5 Å². The van der Waals surface area contributed by atoms with Gasteiger partial charge in [-0.2, -0.15) is 0 Å². The van der Waals surface area contributed by atoms with Crippen molar-refractivity contribution in [3.05, 3.63) is 0 Å². The van der Waals surface area contributed by atoms with Crippen LogP contribution in [0.1, 0.15) is 25.7 Å². The van der Waals surface area contributed by atoms with Crippen LogP contribution in [0.15, 0.2) is 0 Å². The van der Waals surface area contributed by atoms with Crippen LogP contribution in [-0.4, -0.2) is 29.7 Å². The number of carbonyl (C=O) groups is 1. The highest BCUT2D eigenvalue weighted by Gasteiger charge is 2.38. The van der Waals surface area contributed by atoms with Crippen molar-refractivity contribution in [2.45, 2.75) is 31.2 Å². The van der Waals surface area contributed by atoms with E-state index in [9.17, 15) is 4.79 Å². The Hall–Kier alpha value is -0.610. The molecule has 1 aliphatic rings. The molecule has 1 saturated heterocycles. The molecule has 0 radical (unpaired) electrons. The standard InChI is InChI=1S/C8H16N2O2/c9-7(12)8(4-2-6-11)3-1-5-10-8/h10-11H,1-6H2,(H2,9,12). The van der Waals surface area contributed by atoms with E-state index >= 15 is 0 Å². The number of aliphatic hydroxyl groups is 1. The minimum atomic E-state index is -0.525. The van der Waals surface area contributed by atoms with Crippen LogP contribution in [0.3, 0.4) is 0 Å². The van der Waals surface area contributed by atoms with Crippen molar-refractivity contribution >= 4 is 5.91 Å². The lowest BCUT2D eigenvalue weighted by molar-refractivity contribution is -0.124. The molecule has 0 aromatic heterocycles. The van der Waals surface area contributed by atoms with Gasteiger partial charge in [-0.15, -0.1) is 0 Å². The van der Waals surface area contributed by atoms with Crippen LogP contribution in [0.2, 0.25) is 0 Å². The molecule has 12 heavy (non-hydrogen) atoms. The van der Waals surface area contributed by atoms with Crippen LogP contribution in [-0.2, 0) is 4.79 Å². The van der Waals surface area contributed by atoms with E-state index in [0.717, 1.165) is 19.4 Å². The number of primary amides is 1. The number of hydrogen-bond donors (Lipinski definition) is 3. The Morgan fingerprint density at radius 2 is 2.42 bits per heavy atom. The summed E-state index contributed by atoms with van der Waals surface area (Å²) >= 11 is 0. The number of nitrogens with one attached hydrogen (secondary N) is 1. The average molecular weight is 172 g/mol. The summed E-state index contributed by atoms with van der Waals surface area (Å²) in [4.78, 5) is 11.1. The summed E-state index contributed by atoms with van der Waals surface area (Å²) in [6.45, 7) is 0.977. The molecule has 0 aliphatic carbocycles. The lowest BCUT2D eigenvalue weighted by Crippen LogP contribution is -2.51. The molecule has 1 atom stereocenters. The van der Waals surface area contributed by atoms with Crippen LogP contribution < -0.4 is 11.1 Å². The number of amides is 1. The molecule has 4 nitrogen and oxygen atoms in total. The molecular formula is C8H16N2O2. The molecule has 0 bridgehead atoms. The molecule has 1 rings (SSSR count). The summed E-state index contributed by atoms with van der Waals surface area (Å²) < 4.78 is 0. The average Bonchev–Trinajstić information content (AvgIpc) is 2.50. The predicted molar refractivity (Wildman–Crippen MR) is 45.5 cm³/mol. The Kier molecular flexibility index (Phi) is 3.05. The predicted octanol–water partition coefficient (Wildman–Crippen LogP) is -0.634. The van der Waals surface area contributed by atoms with E-state index in [0.29, 0.717) is 12.8 Å². The number of nitrogens with two attached hydrogens (primary N) is 1. The van der Waals surface area contributed by atoms with Gasteiger partial charge in [0.15, 0.2) is 0 Å². The van der Waals surface area contributed by atoms with Gasteiger partial charge in [0.1, 0.15) is 0 Å². The molecule has 4 heteroatoms. The van der Waals surface area contributed by atoms with Gasteiger partial charge in [0.2, 0.25) is 5.91 Å². The molecular weight excluding hydrogens is 156 g/mol. The van der Waals surface area contributed by atoms with Gasteiger partial charge < -0.3 is 16.2 Å². The van der Waals surface area contributed by atoms with E-state index in [1.54, 1.807) is 0 Å².